The van der Waals surface area contributed by atoms with Gasteiger partial charge in [-0.05, 0) is 17.5 Å². The topological polar surface area (TPSA) is 109 Å². The fourth-order valence-electron chi connectivity index (χ4n) is 2.09. The maximum Gasteiger partial charge on any atom is 0.314 e. The molecule has 94 valence electrons. The highest BCUT2D eigenvalue weighted by molar-refractivity contribution is 6.04. The van der Waals surface area contributed by atoms with Gasteiger partial charge in [-0.15, -0.1) is 0 Å². The second-order valence-electron chi connectivity index (χ2n) is 4.03. The first-order valence-corrected chi connectivity index (χ1v) is 5.40. The van der Waals surface area contributed by atoms with Crippen LogP contribution in [0.5, 0.6) is 0 Å². The molecule has 1 heterocycles. The Kier molecular flexibility index (Phi) is 2.21. The molecule has 0 aliphatic heterocycles. The summed E-state index contributed by atoms with van der Waals surface area (Å²) in [6, 6.07) is 8.29. The van der Waals surface area contributed by atoms with Crippen LogP contribution in [0.15, 0.2) is 39.9 Å². The molecule has 0 aliphatic rings. The Balaban J connectivity index is 2.67. The van der Waals surface area contributed by atoms with Crippen molar-refractivity contribution in [3.63, 3.8) is 0 Å². The number of aromatic nitrogens is 2. The molecule has 2 aromatic carbocycles. The van der Waals surface area contributed by atoms with Crippen LogP contribution >= 0.6 is 0 Å². The lowest BCUT2D eigenvalue weighted by atomic mass is 10.1. The van der Waals surface area contributed by atoms with Crippen LogP contribution in [0.2, 0.25) is 0 Å². The number of non-ortho nitro benzene ring substituents is 1. The molecule has 0 atom stereocenters. The van der Waals surface area contributed by atoms with Gasteiger partial charge in [0.2, 0.25) is 0 Å². The highest BCUT2D eigenvalue weighted by Gasteiger charge is 2.19. The van der Waals surface area contributed by atoms with Gasteiger partial charge in [0.1, 0.15) is 5.52 Å². The number of nitro groups is 1. The summed E-state index contributed by atoms with van der Waals surface area (Å²) in [5.74, 6) is 0. The highest BCUT2D eigenvalue weighted by atomic mass is 16.6. The van der Waals surface area contributed by atoms with E-state index in [1.807, 2.05) is 0 Å². The molecule has 3 aromatic rings. The number of rotatable bonds is 1. The van der Waals surface area contributed by atoms with Crippen molar-refractivity contribution in [3.8, 4) is 0 Å². The number of fused-ring (bicyclic) bond motifs is 2. The number of aromatic amines is 2. The first-order chi connectivity index (χ1) is 9.08. The fraction of sp³-hybridized carbons (Fsp3) is 0. The average Bonchev–Trinajstić information content (AvgIpc) is 2.37. The molecule has 2 N–H and O–H groups in total. The zero-order valence-corrected chi connectivity index (χ0v) is 9.47. The predicted molar refractivity (Wildman–Crippen MR) is 69.3 cm³/mol. The lowest BCUT2D eigenvalue weighted by molar-refractivity contribution is -0.381. The molecule has 19 heavy (non-hydrogen) atoms. The Labute approximate surface area is 104 Å². The predicted octanol–water partition coefficient (Wildman–Crippen LogP) is 1.28. The lowest BCUT2D eigenvalue weighted by Gasteiger charge is -2.03. The third-order valence-electron chi connectivity index (χ3n) is 2.90. The molecule has 0 saturated heterocycles. The summed E-state index contributed by atoms with van der Waals surface area (Å²) in [6.45, 7) is 0. The molecule has 7 nitrogen and oxygen atoms in total. The monoisotopic (exact) mass is 257 g/mol. The van der Waals surface area contributed by atoms with Crippen LogP contribution in [-0.4, -0.2) is 14.9 Å². The number of hydrogen-bond acceptors (Lipinski definition) is 4. The minimum atomic E-state index is -0.911. The van der Waals surface area contributed by atoms with Gasteiger partial charge in [0, 0.05) is 0 Å². The van der Waals surface area contributed by atoms with Gasteiger partial charge in [-0.3, -0.25) is 19.7 Å². The first kappa shape index (κ1) is 11.1. The van der Waals surface area contributed by atoms with Crippen LogP contribution in [0.1, 0.15) is 0 Å². The standard InChI is InChI=1S/C12H7N3O4/c16-11-12(17)14-9-8(13-11)5-6-3-1-2-4-7(6)10(9)15(18)19/h1-5H,(H,13,16)(H,14,17). The molecular formula is C12H7N3O4. The van der Waals surface area contributed by atoms with E-state index in [4.69, 9.17) is 0 Å². The number of nitro benzene ring substituents is 1. The van der Waals surface area contributed by atoms with E-state index in [9.17, 15) is 19.7 Å². The number of H-pyrrole nitrogens is 2. The number of nitrogens with one attached hydrogen (secondary N) is 2. The summed E-state index contributed by atoms with van der Waals surface area (Å²) in [7, 11) is 0. The molecule has 0 radical (unpaired) electrons. The summed E-state index contributed by atoms with van der Waals surface area (Å²) in [5, 5.41) is 12.2. The van der Waals surface area contributed by atoms with Crippen molar-refractivity contribution in [1.29, 1.82) is 0 Å². The van der Waals surface area contributed by atoms with Crippen LogP contribution in [0.4, 0.5) is 5.69 Å². The van der Waals surface area contributed by atoms with E-state index in [2.05, 4.69) is 9.97 Å². The van der Waals surface area contributed by atoms with E-state index in [0.717, 1.165) is 0 Å². The van der Waals surface area contributed by atoms with Gasteiger partial charge >= 0.3 is 16.8 Å². The smallest absolute Gasteiger partial charge is 0.314 e. The molecule has 7 heteroatoms. The third kappa shape index (κ3) is 1.60. The van der Waals surface area contributed by atoms with Crippen molar-refractivity contribution >= 4 is 27.5 Å². The first-order valence-electron chi connectivity index (χ1n) is 5.40. The van der Waals surface area contributed by atoms with Crippen molar-refractivity contribution in [2.45, 2.75) is 0 Å². The second-order valence-corrected chi connectivity index (χ2v) is 4.03. The third-order valence-corrected chi connectivity index (χ3v) is 2.90. The van der Waals surface area contributed by atoms with Crippen LogP contribution in [0.3, 0.4) is 0 Å². The maximum absolute atomic E-state index is 11.3. The minimum absolute atomic E-state index is 0.0216. The Morgan fingerprint density at radius 3 is 2.47 bits per heavy atom. The van der Waals surface area contributed by atoms with E-state index in [-0.39, 0.29) is 16.7 Å². The molecule has 0 unspecified atom stereocenters. The molecule has 1 aromatic heterocycles. The Hall–Kier alpha value is -2.96. The van der Waals surface area contributed by atoms with Crippen LogP contribution in [-0.2, 0) is 0 Å². The van der Waals surface area contributed by atoms with Crippen molar-refractivity contribution in [2.75, 3.05) is 0 Å². The molecule has 0 amide bonds. The normalized spacial score (nSPS) is 10.9. The molecule has 0 fully saturated rings. The molecule has 0 aliphatic carbocycles. The van der Waals surface area contributed by atoms with E-state index in [1.54, 1.807) is 30.3 Å². The summed E-state index contributed by atoms with van der Waals surface area (Å²) in [6.07, 6.45) is 0. The SMILES string of the molecule is O=c1[nH]c2cc3ccccc3c([N+](=O)[O-])c2[nH]c1=O. The van der Waals surface area contributed by atoms with Gasteiger partial charge in [0.15, 0.2) is 0 Å². The summed E-state index contributed by atoms with van der Waals surface area (Å²) in [5.41, 5.74) is -1.72. The van der Waals surface area contributed by atoms with Crippen LogP contribution in [0.25, 0.3) is 21.8 Å². The van der Waals surface area contributed by atoms with Crippen LogP contribution in [0, 0.1) is 10.1 Å². The number of nitrogens with zero attached hydrogens (tertiary/aromatic N) is 1. The van der Waals surface area contributed by atoms with Crippen molar-refractivity contribution < 1.29 is 4.92 Å². The minimum Gasteiger partial charge on any atom is -0.316 e. The molecular weight excluding hydrogens is 250 g/mol. The summed E-state index contributed by atoms with van der Waals surface area (Å²) in [4.78, 5) is 37.8. The van der Waals surface area contributed by atoms with Crippen LogP contribution < -0.4 is 11.1 Å². The quantitative estimate of drug-likeness (QED) is 0.296. The van der Waals surface area contributed by atoms with Crippen molar-refractivity contribution in [1.82, 2.24) is 9.97 Å². The van der Waals surface area contributed by atoms with Crippen molar-refractivity contribution in [3.05, 3.63) is 61.2 Å². The molecule has 3 rings (SSSR count). The zero-order chi connectivity index (χ0) is 13.6. The largest absolute Gasteiger partial charge is 0.316 e. The van der Waals surface area contributed by atoms with E-state index in [0.29, 0.717) is 10.8 Å². The van der Waals surface area contributed by atoms with E-state index < -0.39 is 16.0 Å². The Morgan fingerprint density at radius 1 is 1.05 bits per heavy atom. The van der Waals surface area contributed by atoms with Gasteiger partial charge in [-0.25, -0.2) is 0 Å². The number of benzene rings is 2. The zero-order valence-electron chi connectivity index (χ0n) is 9.47. The van der Waals surface area contributed by atoms with Crippen molar-refractivity contribution in [2.24, 2.45) is 0 Å². The fourth-order valence-corrected chi connectivity index (χ4v) is 2.09. The summed E-state index contributed by atoms with van der Waals surface area (Å²) < 4.78 is 0. The maximum atomic E-state index is 11.3. The van der Waals surface area contributed by atoms with Gasteiger partial charge < -0.3 is 9.97 Å². The van der Waals surface area contributed by atoms with Gasteiger partial charge in [-0.2, -0.15) is 0 Å². The molecule has 0 spiro atoms. The molecule has 0 bridgehead atoms. The Bertz CT molecular complexity index is 939. The summed E-state index contributed by atoms with van der Waals surface area (Å²) >= 11 is 0. The second kappa shape index (κ2) is 3.77. The van der Waals surface area contributed by atoms with Gasteiger partial charge in [-0.1, -0.05) is 18.2 Å². The Morgan fingerprint density at radius 2 is 1.74 bits per heavy atom. The van der Waals surface area contributed by atoms with E-state index >= 15 is 0 Å². The number of hydrogen-bond donors (Lipinski definition) is 2. The lowest BCUT2D eigenvalue weighted by Crippen LogP contribution is -2.29. The van der Waals surface area contributed by atoms with Gasteiger partial charge in [0.05, 0.1) is 15.8 Å². The van der Waals surface area contributed by atoms with Gasteiger partial charge in [0.25, 0.3) is 0 Å². The molecule has 0 saturated carbocycles. The highest BCUT2D eigenvalue weighted by Crippen LogP contribution is 2.31. The van der Waals surface area contributed by atoms with E-state index in [1.165, 1.54) is 0 Å². The average molecular weight is 257 g/mol.